The molecular weight excluding hydrogens is 175 g/mol. The molecule has 0 bridgehead atoms. The van der Waals surface area contributed by atoms with Crippen molar-refractivity contribution >= 4 is 16.8 Å². The summed E-state index contributed by atoms with van der Waals surface area (Å²) in [6, 6.07) is 3.19. The number of carbonyl (C=O) groups excluding carboxylic acids is 1. The van der Waals surface area contributed by atoms with E-state index in [0.717, 1.165) is 0 Å². The molecule has 1 aromatic heterocycles. The third-order valence-electron chi connectivity index (χ3n) is 0.820. The molecule has 1 aromatic rings. The van der Waals surface area contributed by atoms with Crippen LogP contribution in [0.15, 0.2) is 18.3 Å². The Bertz CT molecular complexity index is 214. The normalized spacial score (nSPS) is 8.10. The minimum absolute atomic E-state index is 0. The molecule has 0 atom stereocenters. The molecule has 0 aliphatic carbocycles. The lowest BCUT2D eigenvalue weighted by atomic mass is 10.4. The minimum Gasteiger partial charge on any atom is -1.00 e. The van der Waals surface area contributed by atoms with Crippen LogP contribution in [0.25, 0.3) is 0 Å². The molecule has 0 aliphatic rings. The quantitative estimate of drug-likeness (QED) is 0.439. The molecule has 1 rings (SSSR count). The van der Waals surface area contributed by atoms with Crippen LogP contribution in [0.4, 0.5) is 0 Å². The van der Waals surface area contributed by atoms with E-state index in [1.54, 1.807) is 12.1 Å². The van der Waals surface area contributed by atoms with Crippen LogP contribution in [0.3, 0.4) is 0 Å². The summed E-state index contributed by atoms with van der Waals surface area (Å²) in [6.45, 7) is 0. The van der Waals surface area contributed by atoms with Crippen LogP contribution in [0.1, 0.15) is 10.5 Å². The molecular formula is C5H4Cl2N2O. The molecule has 0 spiro atoms. The topological polar surface area (TPSA) is 44.1 Å². The third kappa shape index (κ3) is 2.29. The molecule has 0 unspecified atom stereocenters. The van der Waals surface area contributed by atoms with Crippen LogP contribution in [0.5, 0.6) is 0 Å². The van der Waals surface area contributed by atoms with Gasteiger partial charge in [-0.3, -0.25) is 4.79 Å². The van der Waals surface area contributed by atoms with Crippen molar-refractivity contribution < 1.29 is 22.3 Å². The number of aromatic amines is 1. The first-order chi connectivity index (χ1) is 4.30. The monoisotopic (exact) mass is 178 g/mol. The van der Waals surface area contributed by atoms with Gasteiger partial charge in [-0.15, -0.1) is 0 Å². The van der Waals surface area contributed by atoms with Crippen molar-refractivity contribution in [2.75, 3.05) is 0 Å². The summed E-state index contributed by atoms with van der Waals surface area (Å²) >= 11 is 5.09. The molecule has 1 heterocycles. The fraction of sp³-hybridized carbons (Fsp3) is 0. The third-order valence-corrected chi connectivity index (χ3v) is 1.02. The van der Waals surface area contributed by atoms with Crippen molar-refractivity contribution in [1.82, 2.24) is 5.10 Å². The van der Waals surface area contributed by atoms with Gasteiger partial charge in [0, 0.05) is 6.07 Å². The van der Waals surface area contributed by atoms with E-state index in [-0.39, 0.29) is 12.4 Å². The first-order valence-corrected chi connectivity index (χ1v) is 2.71. The molecule has 0 saturated carbocycles. The second-order valence-electron chi connectivity index (χ2n) is 1.44. The standard InChI is InChI=1S/C5H3ClN2O.ClH/c6-5(9)4-2-1-3-7-8-4;/h1-3H;1H. The molecule has 0 radical (unpaired) electrons. The van der Waals surface area contributed by atoms with Crippen LogP contribution in [-0.4, -0.2) is 10.3 Å². The maximum Gasteiger partial charge on any atom is 0.318 e. The van der Waals surface area contributed by atoms with Gasteiger partial charge in [-0.05, 0) is 22.8 Å². The van der Waals surface area contributed by atoms with Crippen LogP contribution >= 0.6 is 11.6 Å². The van der Waals surface area contributed by atoms with Gasteiger partial charge in [-0.25, -0.2) is 0 Å². The summed E-state index contributed by atoms with van der Waals surface area (Å²) < 4.78 is 0. The lowest BCUT2D eigenvalue weighted by Crippen LogP contribution is -3.00. The van der Waals surface area contributed by atoms with Crippen LogP contribution < -0.4 is 17.5 Å². The van der Waals surface area contributed by atoms with E-state index in [9.17, 15) is 4.79 Å². The molecule has 0 aromatic carbocycles. The van der Waals surface area contributed by atoms with Crippen LogP contribution in [0, 0.1) is 0 Å². The van der Waals surface area contributed by atoms with Gasteiger partial charge in [0.05, 0.1) is 6.20 Å². The van der Waals surface area contributed by atoms with Gasteiger partial charge in [0.1, 0.15) is 0 Å². The summed E-state index contributed by atoms with van der Waals surface area (Å²) in [5.41, 5.74) is 0.305. The first-order valence-electron chi connectivity index (χ1n) is 2.33. The van der Waals surface area contributed by atoms with E-state index in [1.165, 1.54) is 6.20 Å². The summed E-state index contributed by atoms with van der Waals surface area (Å²) in [6.07, 6.45) is 1.53. The average Bonchev–Trinajstić information content (AvgIpc) is 1.90. The lowest BCUT2D eigenvalue weighted by molar-refractivity contribution is -0.457. The second-order valence-corrected chi connectivity index (χ2v) is 1.78. The zero-order chi connectivity index (χ0) is 6.69. The predicted molar refractivity (Wildman–Crippen MR) is 31.0 cm³/mol. The number of carbonyl (C=O) groups is 1. The van der Waals surface area contributed by atoms with E-state index in [0.29, 0.717) is 5.69 Å². The fourth-order valence-electron chi connectivity index (χ4n) is 0.436. The maximum atomic E-state index is 10.3. The Hall–Kier alpha value is -0.670. The smallest absolute Gasteiger partial charge is 0.318 e. The molecule has 1 N–H and O–H groups in total. The summed E-state index contributed by atoms with van der Waals surface area (Å²) in [4.78, 5) is 10.3. The number of rotatable bonds is 1. The van der Waals surface area contributed by atoms with E-state index in [2.05, 4.69) is 10.2 Å². The fourth-order valence-corrected chi connectivity index (χ4v) is 0.541. The average molecular weight is 179 g/mol. The Morgan fingerprint density at radius 2 is 2.40 bits per heavy atom. The number of aromatic nitrogens is 2. The molecule has 0 saturated heterocycles. The van der Waals surface area contributed by atoms with Crippen molar-refractivity contribution in [2.24, 2.45) is 0 Å². The summed E-state index contributed by atoms with van der Waals surface area (Å²) in [5.74, 6) is 0. The number of nitrogens with zero attached hydrogens (tertiary/aromatic N) is 1. The largest absolute Gasteiger partial charge is 1.00 e. The van der Waals surface area contributed by atoms with Gasteiger partial charge in [-0.2, -0.15) is 0 Å². The van der Waals surface area contributed by atoms with E-state index in [1.807, 2.05) is 0 Å². The zero-order valence-electron chi connectivity index (χ0n) is 4.84. The molecule has 0 amide bonds. The number of hydrogen-bond donors (Lipinski definition) is 0. The SMILES string of the molecule is O=C(Cl)c1cccn[nH+]1.[Cl-]. The maximum absolute atomic E-state index is 10.3. The lowest BCUT2D eigenvalue weighted by Gasteiger charge is -1.77. The Kier molecular flexibility index (Phi) is 3.91. The first kappa shape index (κ1) is 9.33. The number of H-pyrrole nitrogens is 1. The van der Waals surface area contributed by atoms with E-state index < -0.39 is 5.24 Å². The highest BCUT2D eigenvalue weighted by Crippen LogP contribution is 1.91. The van der Waals surface area contributed by atoms with Crippen molar-refractivity contribution in [3.8, 4) is 0 Å². The van der Waals surface area contributed by atoms with Gasteiger partial charge < -0.3 is 12.4 Å². The van der Waals surface area contributed by atoms with Crippen molar-refractivity contribution in [3.05, 3.63) is 24.0 Å². The highest BCUT2D eigenvalue weighted by atomic mass is 35.5. The Morgan fingerprint density at radius 3 is 2.70 bits per heavy atom. The number of hydrogen-bond acceptors (Lipinski definition) is 2. The van der Waals surface area contributed by atoms with E-state index in [4.69, 9.17) is 11.6 Å². The van der Waals surface area contributed by atoms with Crippen molar-refractivity contribution in [1.29, 1.82) is 0 Å². The van der Waals surface area contributed by atoms with Crippen LogP contribution in [0.2, 0.25) is 0 Å². The highest BCUT2D eigenvalue weighted by Gasteiger charge is 2.07. The zero-order valence-corrected chi connectivity index (χ0v) is 6.36. The van der Waals surface area contributed by atoms with Gasteiger partial charge in [0.25, 0.3) is 5.69 Å². The minimum atomic E-state index is -0.525. The molecule has 5 heteroatoms. The molecule has 54 valence electrons. The van der Waals surface area contributed by atoms with Gasteiger partial charge in [0.2, 0.25) is 0 Å². The highest BCUT2D eigenvalue weighted by molar-refractivity contribution is 6.67. The van der Waals surface area contributed by atoms with Crippen molar-refractivity contribution in [3.63, 3.8) is 0 Å². The van der Waals surface area contributed by atoms with Gasteiger partial charge in [-0.1, -0.05) is 5.10 Å². The molecule has 3 nitrogen and oxygen atoms in total. The number of halogens is 2. The Labute approximate surface area is 68.8 Å². The summed E-state index contributed by atoms with van der Waals surface area (Å²) in [7, 11) is 0. The number of nitrogens with one attached hydrogen (secondary N) is 1. The summed E-state index contributed by atoms with van der Waals surface area (Å²) in [5, 5.41) is 5.49. The Morgan fingerprint density at radius 1 is 1.70 bits per heavy atom. The molecule has 10 heavy (non-hydrogen) atoms. The predicted octanol–water partition coefficient (Wildman–Crippen LogP) is -2.72. The Balaban J connectivity index is 0.000000810. The van der Waals surface area contributed by atoms with Crippen LogP contribution in [-0.2, 0) is 0 Å². The van der Waals surface area contributed by atoms with Gasteiger partial charge in [0.15, 0.2) is 0 Å². The van der Waals surface area contributed by atoms with Crippen molar-refractivity contribution in [2.45, 2.75) is 0 Å². The molecule has 0 aliphatic heterocycles. The van der Waals surface area contributed by atoms with E-state index >= 15 is 0 Å². The van der Waals surface area contributed by atoms with Gasteiger partial charge >= 0.3 is 5.24 Å². The second kappa shape index (κ2) is 4.19. The molecule has 0 fully saturated rings.